The van der Waals surface area contributed by atoms with E-state index in [9.17, 15) is 4.79 Å². The molecule has 21 heavy (non-hydrogen) atoms. The molecule has 0 spiro atoms. The van der Waals surface area contributed by atoms with Crippen molar-refractivity contribution in [3.05, 3.63) is 41.7 Å². The van der Waals surface area contributed by atoms with Crippen LogP contribution in [-0.2, 0) is 18.3 Å². The Morgan fingerprint density at radius 1 is 1.43 bits per heavy atom. The van der Waals surface area contributed by atoms with Crippen LogP contribution in [0.1, 0.15) is 24.5 Å². The number of amides is 1. The van der Waals surface area contributed by atoms with Crippen LogP contribution in [0.2, 0.25) is 0 Å². The van der Waals surface area contributed by atoms with Crippen LogP contribution < -0.4 is 5.32 Å². The summed E-state index contributed by atoms with van der Waals surface area (Å²) in [6.07, 6.45) is 5.07. The second kappa shape index (κ2) is 7.31. The second-order valence-corrected chi connectivity index (χ2v) is 5.99. The number of anilines is 1. The highest BCUT2D eigenvalue weighted by Gasteiger charge is 2.09. The summed E-state index contributed by atoms with van der Waals surface area (Å²) < 4.78 is 1.96. The SMILES string of the molecule is CCc1cccc(C)c1NC(=O)CCSc1nccn1C. The minimum Gasteiger partial charge on any atom is -0.329 e. The summed E-state index contributed by atoms with van der Waals surface area (Å²) in [7, 11) is 1.95. The van der Waals surface area contributed by atoms with E-state index in [2.05, 4.69) is 23.3 Å². The van der Waals surface area contributed by atoms with Crippen molar-refractivity contribution >= 4 is 23.4 Å². The van der Waals surface area contributed by atoms with Gasteiger partial charge in [0.05, 0.1) is 0 Å². The molecule has 0 bridgehead atoms. The summed E-state index contributed by atoms with van der Waals surface area (Å²) in [6, 6.07) is 6.11. The molecule has 0 aliphatic heterocycles. The normalized spacial score (nSPS) is 10.6. The fourth-order valence-electron chi connectivity index (χ4n) is 2.13. The van der Waals surface area contributed by atoms with E-state index < -0.39 is 0 Å². The number of aryl methyl sites for hydroxylation is 3. The number of carbonyl (C=O) groups excluding carboxylic acids is 1. The number of carbonyl (C=O) groups is 1. The van der Waals surface area contributed by atoms with Gasteiger partial charge < -0.3 is 9.88 Å². The lowest BCUT2D eigenvalue weighted by Crippen LogP contribution is -2.14. The third-order valence-electron chi connectivity index (χ3n) is 3.34. The zero-order chi connectivity index (χ0) is 15.2. The van der Waals surface area contributed by atoms with Gasteiger partial charge in [-0.25, -0.2) is 4.98 Å². The van der Waals surface area contributed by atoms with Crippen molar-refractivity contribution in [1.29, 1.82) is 0 Å². The molecule has 0 fully saturated rings. The number of hydrogen-bond acceptors (Lipinski definition) is 3. The van der Waals surface area contributed by atoms with Gasteiger partial charge in [-0.05, 0) is 24.5 Å². The number of hydrogen-bond donors (Lipinski definition) is 1. The minimum absolute atomic E-state index is 0.0562. The Morgan fingerprint density at radius 3 is 2.90 bits per heavy atom. The maximum absolute atomic E-state index is 12.1. The summed E-state index contributed by atoms with van der Waals surface area (Å²) in [5.41, 5.74) is 3.26. The van der Waals surface area contributed by atoms with Crippen LogP contribution >= 0.6 is 11.8 Å². The van der Waals surface area contributed by atoms with E-state index >= 15 is 0 Å². The quantitative estimate of drug-likeness (QED) is 0.832. The summed E-state index contributed by atoms with van der Waals surface area (Å²) in [5.74, 6) is 0.782. The zero-order valence-electron chi connectivity index (χ0n) is 12.7. The van der Waals surface area contributed by atoms with Crippen molar-refractivity contribution < 1.29 is 4.79 Å². The van der Waals surface area contributed by atoms with Crippen molar-refractivity contribution in [2.45, 2.75) is 31.8 Å². The second-order valence-electron chi connectivity index (χ2n) is 4.93. The average molecular weight is 303 g/mol. The van der Waals surface area contributed by atoms with E-state index in [1.54, 1.807) is 18.0 Å². The number of nitrogens with zero attached hydrogens (tertiary/aromatic N) is 2. The van der Waals surface area contributed by atoms with Gasteiger partial charge in [0.25, 0.3) is 0 Å². The fourth-order valence-corrected chi connectivity index (χ4v) is 3.00. The third-order valence-corrected chi connectivity index (χ3v) is 4.40. The number of imidazole rings is 1. The highest BCUT2D eigenvalue weighted by molar-refractivity contribution is 7.99. The van der Waals surface area contributed by atoms with Gasteiger partial charge in [-0.15, -0.1) is 0 Å². The van der Waals surface area contributed by atoms with Crippen LogP contribution in [0, 0.1) is 6.92 Å². The Morgan fingerprint density at radius 2 is 2.24 bits per heavy atom. The van der Waals surface area contributed by atoms with Gasteiger partial charge >= 0.3 is 0 Å². The van der Waals surface area contributed by atoms with E-state index in [0.29, 0.717) is 6.42 Å². The lowest BCUT2D eigenvalue weighted by molar-refractivity contribution is -0.115. The Balaban J connectivity index is 1.89. The molecule has 4 nitrogen and oxygen atoms in total. The van der Waals surface area contributed by atoms with Crippen molar-refractivity contribution in [3.8, 4) is 0 Å². The molecule has 1 aromatic heterocycles. The first-order valence-electron chi connectivity index (χ1n) is 7.10. The Hall–Kier alpha value is -1.75. The molecular weight excluding hydrogens is 282 g/mol. The van der Waals surface area contributed by atoms with E-state index in [0.717, 1.165) is 28.6 Å². The van der Waals surface area contributed by atoms with E-state index in [4.69, 9.17) is 0 Å². The lowest BCUT2D eigenvalue weighted by atomic mass is 10.1. The van der Waals surface area contributed by atoms with Crippen LogP contribution in [0.25, 0.3) is 0 Å². The standard InChI is InChI=1S/C16H21N3OS/c1-4-13-7-5-6-12(2)15(13)18-14(20)8-11-21-16-17-9-10-19(16)3/h5-7,9-10H,4,8,11H2,1-3H3,(H,18,20). The largest absolute Gasteiger partial charge is 0.329 e. The highest BCUT2D eigenvalue weighted by Crippen LogP contribution is 2.22. The molecule has 5 heteroatoms. The van der Waals surface area contributed by atoms with Gasteiger partial charge in [0, 0.05) is 37.3 Å². The topological polar surface area (TPSA) is 46.9 Å². The molecule has 0 saturated heterocycles. The van der Waals surface area contributed by atoms with Crippen molar-refractivity contribution in [2.24, 2.45) is 7.05 Å². The molecule has 1 N–H and O–H groups in total. The minimum atomic E-state index is 0.0562. The number of nitrogens with one attached hydrogen (secondary N) is 1. The monoisotopic (exact) mass is 303 g/mol. The summed E-state index contributed by atoms with van der Waals surface area (Å²) in [5, 5.41) is 3.98. The molecule has 0 atom stereocenters. The van der Waals surface area contributed by atoms with Gasteiger partial charge in [0.15, 0.2) is 5.16 Å². The lowest BCUT2D eigenvalue weighted by Gasteiger charge is -2.12. The summed E-state index contributed by atoms with van der Waals surface area (Å²) >= 11 is 1.60. The molecule has 0 saturated carbocycles. The molecule has 2 aromatic rings. The number of para-hydroxylation sites is 1. The maximum Gasteiger partial charge on any atom is 0.225 e. The van der Waals surface area contributed by atoms with Crippen LogP contribution in [0.4, 0.5) is 5.69 Å². The zero-order valence-corrected chi connectivity index (χ0v) is 13.5. The van der Waals surface area contributed by atoms with Gasteiger partial charge in [0.1, 0.15) is 0 Å². The van der Waals surface area contributed by atoms with Crippen LogP contribution in [0.15, 0.2) is 35.7 Å². The molecule has 1 aromatic carbocycles. The predicted molar refractivity (Wildman–Crippen MR) is 87.7 cm³/mol. The molecule has 1 amide bonds. The number of rotatable bonds is 6. The van der Waals surface area contributed by atoms with Crippen molar-refractivity contribution in [3.63, 3.8) is 0 Å². The molecule has 0 aliphatic rings. The first-order valence-corrected chi connectivity index (χ1v) is 8.08. The number of aromatic nitrogens is 2. The molecule has 0 unspecified atom stereocenters. The van der Waals surface area contributed by atoms with Crippen LogP contribution in [-0.4, -0.2) is 21.2 Å². The Bertz CT molecular complexity index is 622. The van der Waals surface area contributed by atoms with Crippen LogP contribution in [0.3, 0.4) is 0 Å². The maximum atomic E-state index is 12.1. The fraction of sp³-hybridized carbons (Fsp3) is 0.375. The van der Waals surface area contributed by atoms with E-state index in [-0.39, 0.29) is 5.91 Å². The summed E-state index contributed by atoms with van der Waals surface area (Å²) in [6.45, 7) is 4.12. The molecule has 1 heterocycles. The first kappa shape index (κ1) is 15.6. The smallest absolute Gasteiger partial charge is 0.225 e. The van der Waals surface area contributed by atoms with Gasteiger partial charge in [-0.1, -0.05) is 36.9 Å². The molecule has 0 aliphatic carbocycles. The highest BCUT2D eigenvalue weighted by atomic mass is 32.2. The number of benzene rings is 1. The van der Waals surface area contributed by atoms with Crippen molar-refractivity contribution in [2.75, 3.05) is 11.1 Å². The Labute approximate surface area is 130 Å². The Kier molecular flexibility index (Phi) is 5.44. The van der Waals surface area contributed by atoms with Gasteiger partial charge in [-0.3, -0.25) is 4.79 Å². The van der Waals surface area contributed by atoms with E-state index in [1.165, 1.54) is 5.56 Å². The molecule has 2 rings (SSSR count). The van der Waals surface area contributed by atoms with Gasteiger partial charge in [-0.2, -0.15) is 0 Å². The summed E-state index contributed by atoms with van der Waals surface area (Å²) in [4.78, 5) is 16.3. The first-order chi connectivity index (χ1) is 10.1. The van der Waals surface area contributed by atoms with Gasteiger partial charge in [0.2, 0.25) is 5.91 Å². The van der Waals surface area contributed by atoms with E-state index in [1.807, 2.05) is 36.9 Å². The average Bonchev–Trinajstić information content (AvgIpc) is 2.87. The third kappa shape index (κ3) is 4.11. The molecule has 0 radical (unpaired) electrons. The van der Waals surface area contributed by atoms with Crippen LogP contribution in [0.5, 0.6) is 0 Å². The molecule has 112 valence electrons. The van der Waals surface area contributed by atoms with Crippen molar-refractivity contribution in [1.82, 2.24) is 9.55 Å². The predicted octanol–water partition coefficient (Wildman–Crippen LogP) is 3.41. The molecular formula is C16H21N3OS. The number of thioether (sulfide) groups is 1.